The topological polar surface area (TPSA) is 172 Å². The van der Waals surface area contributed by atoms with E-state index in [4.69, 9.17) is 21.2 Å². The van der Waals surface area contributed by atoms with Crippen molar-refractivity contribution in [3.63, 3.8) is 0 Å². The minimum Gasteiger partial charge on any atom is -0.390 e. The van der Waals surface area contributed by atoms with Crippen LogP contribution >= 0.6 is 11.8 Å². The predicted octanol–water partition coefficient (Wildman–Crippen LogP) is 2.82. The number of rotatable bonds is 24. The molecule has 0 radical (unpaired) electrons. The van der Waals surface area contributed by atoms with Crippen LogP contribution in [0.4, 0.5) is 0 Å². The Labute approximate surface area is 385 Å². The largest absolute Gasteiger partial charge is 0.390 e. The summed E-state index contributed by atoms with van der Waals surface area (Å²) in [7, 11) is 0. The van der Waals surface area contributed by atoms with Crippen LogP contribution in [0.25, 0.3) is 0 Å². The second-order valence-electron chi connectivity index (χ2n) is 13.9. The Morgan fingerprint density at radius 3 is 1.59 bits per heavy atom. The van der Waals surface area contributed by atoms with Crippen molar-refractivity contribution in [1.29, 1.82) is 5.26 Å². The number of aliphatic hydroxyl groups is 5. The van der Waals surface area contributed by atoms with Gasteiger partial charge in [0.05, 0.1) is 37.3 Å². The van der Waals surface area contributed by atoms with Crippen LogP contribution in [0.2, 0.25) is 0 Å². The Kier molecular flexibility index (Phi) is 34.5. The van der Waals surface area contributed by atoms with Gasteiger partial charge in [0.1, 0.15) is 24.4 Å². The van der Waals surface area contributed by atoms with Gasteiger partial charge in [-0.2, -0.15) is 17.0 Å². The van der Waals surface area contributed by atoms with E-state index < -0.39 is 61.5 Å². The molecule has 0 aromatic heterocycles. The highest BCUT2D eigenvalue weighted by atomic mass is 32.2. The fraction of sp³-hybridized carbons (Fsp3) is 0.509. The smallest absolute Gasteiger partial charge is 0.232 e. The molecule has 0 saturated carbocycles. The van der Waals surface area contributed by atoms with Crippen LogP contribution in [0.5, 0.6) is 0 Å². The van der Waals surface area contributed by atoms with Crippen molar-refractivity contribution in [3.05, 3.63) is 0 Å². The second-order valence-corrected chi connectivity index (χ2v) is 15.0. The van der Waals surface area contributed by atoms with E-state index in [-0.39, 0.29) is 25.0 Å². The normalized spacial score (nSPS) is 17.3. The number of nitrogens with one attached hydrogen (secondary N) is 1. The molecule has 0 spiro atoms. The van der Waals surface area contributed by atoms with Crippen LogP contribution < -0.4 is 5.32 Å². The van der Waals surface area contributed by atoms with Crippen LogP contribution in [0.3, 0.4) is 0 Å². The number of carbonyl (C=O) groups is 1. The number of ether oxygens (including phenoxy) is 2. The summed E-state index contributed by atoms with van der Waals surface area (Å²) in [6.45, 7) is 1.80. The predicted molar refractivity (Wildman–Crippen MR) is 249 cm³/mol. The number of aliphatic hydroxyl groups excluding tert-OH is 5. The van der Waals surface area contributed by atoms with Crippen molar-refractivity contribution in [2.75, 3.05) is 18.1 Å². The van der Waals surface area contributed by atoms with Gasteiger partial charge < -0.3 is 40.3 Å². The quantitative estimate of drug-likeness (QED) is 0.0626. The van der Waals surface area contributed by atoms with Gasteiger partial charge in [-0.1, -0.05) is 89.9 Å². The zero-order valence-corrected chi connectivity index (χ0v) is 37.1. The fourth-order valence-corrected chi connectivity index (χ4v) is 6.53. The first-order chi connectivity index (χ1) is 31.3. The molecule has 10 nitrogen and oxygen atoms in total. The summed E-state index contributed by atoms with van der Waals surface area (Å²) < 4.78 is 11.5. The van der Waals surface area contributed by atoms with Crippen molar-refractivity contribution >= 4 is 17.7 Å². The first-order valence-electron chi connectivity index (χ1n) is 21.1. The van der Waals surface area contributed by atoms with E-state index in [1.165, 1.54) is 63.1 Å². The van der Waals surface area contributed by atoms with Gasteiger partial charge in [-0.15, -0.1) is 6.42 Å². The summed E-state index contributed by atoms with van der Waals surface area (Å²) in [5.41, 5.74) is 0. The number of amides is 1. The average Bonchev–Trinajstić information content (AvgIpc) is 3.29. The molecule has 0 aromatic carbocycles. The van der Waals surface area contributed by atoms with E-state index in [0.717, 1.165) is 19.3 Å². The average molecular weight is 879 g/mol. The summed E-state index contributed by atoms with van der Waals surface area (Å²) in [5, 5.41) is 65.1. The molecular formula is C53H54N2O8S. The van der Waals surface area contributed by atoms with Gasteiger partial charge in [0.15, 0.2) is 6.29 Å². The molecule has 64 heavy (non-hydrogen) atoms. The number of hydrogen-bond donors (Lipinski definition) is 6. The standard InChI is InChI=1S/C53H54N2O8S/c1-3-5-7-9-11-13-15-17-18-19-20-21-22-23-24-25-26-27-29-31-33-35-37-40-48(57)55-45(43-62-53-52(61)51(60)50(59)47(63-53)44-64-42-38-41-54)49(58)46(56)39-36-34-32-30-28-16-14-12-10-8-6-4-2/h1,45-47,49-53,56,58-61H,4,6,8,10,12,14,16,28,30,32,34,36,38-40,42-44H2,2H3,(H,55,57)/t45-,46+,47?,49-,50-,51?,52-,53-/m0/s1. The highest BCUT2D eigenvalue weighted by molar-refractivity contribution is 7.99. The molecule has 0 bridgehead atoms. The molecule has 1 amide bonds. The Morgan fingerprint density at radius 1 is 0.672 bits per heavy atom. The van der Waals surface area contributed by atoms with Gasteiger partial charge in [0, 0.05) is 53.4 Å². The molecule has 1 aliphatic heterocycles. The summed E-state index contributed by atoms with van der Waals surface area (Å²) in [4.78, 5) is 12.9. The maximum Gasteiger partial charge on any atom is 0.232 e. The number of unbranched alkanes of at least 4 members (excludes halogenated alkanes) is 11. The van der Waals surface area contributed by atoms with Crippen LogP contribution in [-0.4, -0.2) is 98.5 Å². The molecule has 330 valence electrons. The van der Waals surface area contributed by atoms with Gasteiger partial charge in [-0.3, -0.25) is 4.79 Å². The van der Waals surface area contributed by atoms with E-state index in [0.29, 0.717) is 12.2 Å². The summed E-state index contributed by atoms with van der Waals surface area (Å²) in [5.74, 6) is 56.7. The Hall–Kier alpha value is -6.25. The molecule has 1 aliphatic rings. The lowest BCUT2D eigenvalue weighted by atomic mass is 9.98. The molecule has 0 aromatic rings. The Morgan fingerprint density at radius 2 is 1.12 bits per heavy atom. The third kappa shape index (κ3) is 29.1. The van der Waals surface area contributed by atoms with Crippen molar-refractivity contribution < 1.29 is 39.8 Å². The molecule has 2 unspecified atom stereocenters. The third-order valence-corrected chi connectivity index (χ3v) is 9.97. The zero-order chi connectivity index (χ0) is 46.7. The lowest BCUT2D eigenvalue weighted by Crippen LogP contribution is -2.60. The summed E-state index contributed by atoms with van der Waals surface area (Å²) in [6, 6.07) is 0.876. The maximum atomic E-state index is 12.9. The highest BCUT2D eigenvalue weighted by Crippen LogP contribution is 2.25. The Bertz CT molecular complexity index is 2270. The molecule has 1 rings (SSSR count). The van der Waals surface area contributed by atoms with Crippen LogP contribution in [0.1, 0.15) is 103 Å². The molecule has 6 N–H and O–H groups in total. The molecule has 1 fully saturated rings. The number of nitriles is 1. The van der Waals surface area contributed by atoms with Crippen molar-refractivity contribution in [2.45, 2.75) is 152 Å². The van der Waals surface area contributed by atoms with Gasteiger partial charge in [0.2, 0.25) is 5.91 Å². The number of terminal acetylenes is 1. The minimum absolute atomic E-state index is 0.217. The first kappa shape index (κ1) is 55.8. The summed E-state index contributed by atoms with van der Waals surface area (Å²) in [6.07, 6.45) is 9.36. The van der Waals surface area contributed by atoms with Crippen LogP contribution in [0.15, 0.2) is 0 Å². The monoisotopic (exact) mass is 878 g/mol. The van der Waals surface area contributed by atoms with Gasteiger partial charge in [0.25, 0.3) is 0 Å². The molecule has 0 aliphatic carbocycles. The number of carbonyl (C=O) groups excluding carboxylic acids is 1. The van der Waals surface area contributed by atoms with Crippen molar-refractivity contribution in [2.24, 2.45) is 0 Å². The lowest BCUT2D eigenvalue weighted by molar-refractivity contribution is -0.294. The zero-order valence-electron chi connectivity index (χ0n) is 36.2. The van der Waals surface area contributed by atoms with E-state index in [9.17, 15) is 30.3 Å². The molecule has 1 saturated heterocycles. The molecule has 1 heterocycles. The Balaban J connectivity index is 2.79. The van der Waals surface area contributed by atoms with E-state index in [1.54, 1.807) is 0 Å². The molecule has 8 atom stereocenters. The lowest BCUT2D eigenvalue weighted by Gasteiger charge is -2.41. The number of thioether (sulfide) groups is 1. The van der Waals surface area contributed by atoms with Gasteiger partial charge in [-0.25, -0.2) is 0 Å². The highest BCUT2D eigenvalue weighted by Gasteiger charge is 2.44. The van der Waals surface area contributed by atoms with Gasteiger partial charge in [-0.05, 0) is 101 Å². The van der Waals surface area contributed by atoms with Crippen LogP contribution in [-0.2, 0) is 14.3 Å². The fourth-order valence-electron chi connectivity index (χ4n) is 5.62. The summed E-state index contributed by atoms with van der Waals surface area (Å²) >= 11 is 1.33. The first-order valence-corrected chi connectivity index (χ1v) is 22.3. The second kappa shape index (κ2) is 39.6. The van der Waals surface area contributed by atoms with Gasteiger partial charge >= 0.3 is 0 Å². The van der Waals surface area contributed by atoms with E-state index in [2.05, 4.69) is 148 Å². The molecule has 11 heteroatoms. The van der Waals surface area contributed by atoms with Crippen molar-refractivity contribution in [1.82, 2.24) is 5.32 Å². The van der Waals surface area contributed by atoms with Crippen LogP contribution in [0, 0.1) is 154 Å². The maximum absolute atomic E-state index is 12.9. The SMILES string of the molecule is C#CC#CC#CC#CC#CC#CC#CC#CC#CC#CC#CC#CCC(=O)N[C@@H](CO[C@H]1OC(CSCCC#N)[C@H](O)C(O)[C@@H]1O)[C@H](O)[C@H](O)CCCCCCCCCCCCCC. The minimum atomic E-state index is -1.64. The van der Waals surface area contributed by atoms with E-state index >= 15 is 0 Å². The number of hydrogen-bond acceptors (Lipinski definition) is 10. The third-order valence-electron chi connectivity index (χ3n) is 8.91. The number of nitrogens with zero attached hydrogens (tertiary/aromatic N) is 1. The van der Waals surface area contributed by atoms with Crippen molar-refractivity contribution in [3.8, 4) is 149 Å². The van der Waals surface area contributed by atoms with E-state index in [1.807, 2.05) is 6.07 Å². The molecular weight excluding hydrogens is 825 g/mol.